The van der Waals surface area contributed by atoms with E-state index in [2.05, 4.69) is 13.8 Å². The molecule has 0 bridgehead atoms. The van der Waals surface area contributed by atoms with Gasteiger partial charge in [-0.15, -0.1) is 0 Å². The van der Waals surface area contributed by atoms with Crippen molar-refractivity contribution >= 4 is 0 Å². The normalized spacial score (nSPS) is 16.4. The van der Waals surface area contributed by atoms with E-state index in [0.717, 1.165) is 12.3 Å². The minimum absolute atomic E-state index is 0.105. The molecular weight excluding hydrogens is 136 g/mol. The van der Waals surface area contributed by atoms with Gasteiger partial charge in [-0.3, -0.25) is 0 Å². The van der Waals surface area contributed by atoms with E-state index in [-0.39, 0.29) is 6.10 Å². The number of hydrogen-bond donors (Lipinski definition) is 1. The van der Waals surface area contributed by atoms with Gasteiger partial charge < -0.3 is 5.11 Å². The largest absolute Gasteiger partial charge is 0.393 e. The molecule has 0 unspecified atom stereocenters. The second-order valence-electron chi connectivity index (χ2n) is 3.65. The Bertz CT molecular complexity index is 78.9. The number of aliphatic hydroxyl groups excluding tert-OH is 1. The molecule has 0 saturated carbocycles. The Morgan fingerprint density at radius 3 is 2.09 bits per heavy atom. The summed E-state index contributed by atoms with van der Waals surface area (Å²) in [7, 11) is 0. The zero-order valence-electron chi connectivity index (χ0n) is 8.14. The van der Waals surface area contributed by atoms with Gasteiger partial charge in [0, 0.05) is 0 Å². The maximum Gasteiger partial charge on any atom is 0.0512 e. The zero-order chi connectivity index (χ0) is 8.69. The van der Waals surface area contributed by atoms with Crippen LogP contribution in [0.2, 0.25) is 0 Å². The van der Waals surface area contributed by atoms with Gasteiger partial charge in [0.15, 0.2) is 0 Å². The van der Waals surface area contributed by atoms with E-state index in [1.165, 1.54) is 25.7 Å². The lowest BCUT2D eigenvalue weighted by Crippen LogP contribution is -1.99. The van der Waals surface area contributed by atoms with Gasteiger partial charge >= 0.3 is 0 Å². The Kier molecular flexibility index (Phi) is 6.63. The lowest BCUT2D eigenvalue weighted by atomic mass is 10.0. The van der Waals surface area contributed by atoms with Crippen molar-refractivity contribution in [2.45, 2.75) is 59.0 Å². The van der Waals surface area contributed by atoms with Crippen LogP contribution in [0.4, 0.5) is 0 Å². The zero-order valence-corrected chi connectivity index (χ0v) is 8.14. The van der Waals surface area contributed by atoms with E-state index in [1.807, 2.05) is 6.92 Å². The van der Waals surface area contributed by atoms with Crippen molar-refractivity contribution in [1.82, 2.24) is 0 Å². The Hall–Kier alpha value is -0.0400. The lowest BCUT2D eigenvalue weighted by Gasteiger charge is -2.08. The maximum absolute atomic E-state index is 8.97. The van der Waals surface area contributed by atoms with Gasteiger partial charge in [0.05, 0.1) is 6.10 Å². The van der Waals surface area contributed by atoms with Gasteiger partial charge in [0.1, 0.15) is 0 Å². The van der Waals surface area contributed by atoms with Crippen LogP contribution in [0.1, 0.15) is 52.9 Å². The van der Waals surface area contributed by atoms with Crippen LogP contribution in [0.15, 0.2) is 0 Å². The van der Waals surface area contributed by atoms with Crippen molar-refractivity contribution in [1.29, 1.82) is 0 Å². The molecule has 0 aromatic heterocycles. The summed E-state index contributed by atoms with van der Waals surface area (Å²) in [5, 5.41) is 8.97. The van der Waals surface area contributed by atoms with Crippen molar-refractivity contribution in [2.24, 2.45) is 5.92 Å². The molecule has 2 atom stereocenters. The molecule has 0 aliphatic heterocycles. The molecule has 0 radical (unpaired) electrons. The Balaban J connectivity index is 3.01. The summed E-state index contributed by atoms with van der Waals surface area (Å²) in [5.74, 6) is 0.865. The minimum Gasteiger partial charge on any atom is -0.393 e. The molecule has 0 aromatic rings. The van der Waals surface area contributed by atoms with Crippen LogP contribution >= 0.6 is 0 Å². The number of rotatable bonds is 6. The van der Waals surface area contributed by atoms with Crippen LogP contribution in [-0.4, -0.2) is 11.2 Å². The molecule has 11 heavy (non-hydrogen) atoms. The standard InChI is InChI=1S/C10H22O/c1-4-9(2)7-5-6-8-10(3)11/h9-11H,4-8H2,1-3H3/t9-,10-/m1/s1. The Morgan fingerprint density at radius 2 is 1.64 bits per heavy atom. The molecule has 0 amide bonds. The molecule has 0 saturated heterocycles. The van der Waals surface area contributed by atoms with Crippen LogP contribution in [0.5, 0.6) is 0 Å². The van der Waals surface area contributed by atoms with Crippen molar-refractivity contribution in [3.05, 3.63) is 0 Å². The van der Waals surface area contributed by atoms with Crippen LogP contribution in [0.25, 0.3) is 0 Å². The first-order valence-corrected chi connectivity index (χ1v) is 4.84. The van der Waals surface area contributed by atoms with E-state index in [9.17, 15) is 0 Å². The number of unbranched alkanes of at least 4 members (excludes halogenated alkanes) is 1. The predicted molar refractivity (Wildman–Crippen MR) is 49.6 cm³/mol. The topological polar surface area (TPSA) is 20.2 Å². The van der Waals surface area contributed by atoms with E-state index >= 15 is 0 Å². The van der Waals surface area contributed by atoms with Crippen LogP contribution in [0.3, 0.4) is 0 Å². The van der Waals surface area contributed by atoms with Gasteiger partial charge in [-0.2, -0.15) is 0 Å². The maximum atomic E-state index is 8.97. The molecule has 0 rings (SSSR count). The van der Waals surface area contributed by atoms with Crippen molar-refractivity contribution in [3.63, 3.8) is 0 Å². The highest BCUT2D eigenvalue weighted by molar-refractivity contribution is 4.52. The van der Waals surface area contributed by atoms with Gasteiger partial charge in [0.2, 0.25) is 0 Å². The van der Waals surface area contributed by atoms with Crippen LogP contribution < -0.4 is 0 Å². The molecule has 0 fully saturated rings. The molecule has 1 heteroatoms. The van der Waals surface area contributed by atoms with Gasteiger partial charge in [-0.25, -0.2) is 0 Å². The second kappa shape index (κ2) is 6.66. The highest BCUT2D eigenvalue weighted by Crippen LogP contribution is 2.12. The van der Waals surface area contributed by atoms with E-state index < -0.39 is 0 Å². The highest BCUT2D eigenvalue weighted by atomic mass is 16.3. The van der Waals surface area contributed by atoms with Gasteiger partial charge in [0.25, 0.3) is 0 Å². The molecule has 0 spiro atoms. The first-order valence-electron chi connectivity index (χ1n) is 4.84. The molecule has 1 nitrogen and oxygen atoms in total. The van der Waals surface area contributed by atoms with Crippen molar-refractivity contribution in [2.75, 3.05) is 0 Å². The molecule has 1 N–H and O–H groups in total. The second-order valence-corrected chi connectivity index (χ2v) is 3.65. The number of aliphatic hydroxyl groups is 1. The summed E-state index contributed by atoms with van der Waals surface area (Å²) in [5.41, 5.74) is 0. The summed E-state index contributed by atoms with van der Waals surface area (Å²) in [6.07, 6.45) is 5.93. The van der Waals surface area contributed by atoms with E-state index in [1.54, 1.807) is 0 Å². The first kappa shape index (κ1) is 11.0. The molecular formula is C10H22O. The smallest absolute Gasteiger partial charge is 0.0512 e. The SMILES string of the molecule is CC[C@@H](C)CCCC[C@@H](C)O. The summed E-state index contributed by atoms with van der Waals surface area (Å²) < 4.78 is 0. The number of hydrogen-bond acceptors (Lipinski definition) is 1. The third-order valence-corrected chi connectivity index (χ3v) is 2.27. The molecule has 0 aliphatic rings. The van der Waals surface area contributed by atoms with E-state index in [0.29, 0.717) is 0 Å². The predicted octanol–water partition coefficient (Wildman–Crippen LogP) is 2.97. The van der Waals surface area contributed by atoms with Crippen LogP contribution in [-0.2, 0) is 0 Å². The fourth-order valence-corrected chi connectivity index (χ4v) is 1.14. The first-order chi connectivity index (χ1) is 5.16. The molecule has 0 aromatic carbocycles. The fourth-order valence-electron chi connectivity index (χ4n) is 1.14. The third-order valence-electron chi connectivity index (χ3n) is 2.27. The van der Waals surface area contributed by atoms with Gasteiger partial charge in [-0.1, -0.05) is 39.5 Å². The summed E-state index contributed by atoms with van der Waals surface area (Å²) >= 11 is 0. The third kappa shape index (κ3) is 7.86. The summed E-state index contributed by atoms with van der Waals surface area (Å²) in [6.45, 7) is 6.39. The summed E-state index contributed by atoms with van der Waals surface area (Å²) in [4.78, 5) is 0. The van der Waals surface area contributed by atoms with Crippen molar-refractivity contribution in [3.8, 4) is 0 Å². The summed E-state index contributed by atoms with van der Waals surface area (Å²) in [6, 6.07) is 0. The Morgan fingerprint density at radius 1 is 1.09 bits per heavy atom. The molecule has 68 valence electrons. The average molecular weight is 158 g/mol. The monoisotopic (exact) mass is 158 g/mol. The quantitative estimate of drug-likeness (QED) is 0.589. The molecule has 0 aliphatic carbocycles. The average Bonchev–Trinajstić information content (AvgIpc) is 1.97. The van der Waals surface area contributed by atoms with Gasteiger partial charge in [-0.05, 0) is 19.3 Å². The van der Waals surface area contributed by atoms with Crippen molar-refractivity contribution < 1.29 is 5.11 Å². The minimum atomic E-state index is -0.105. The Labute approximate surface area is 70.8 Å². The molecule has 0 heterocycles. The highest BCUT2D eigenvalue weighted by Gasteiger charge is 1.99. The lowest BCUT2D eigenvalue weighted by molar-refractivity contribution is 0.179. The van der Waals surface area contributed by atoms with Crippen LogP contribution in [0, 0.1) is 5.92 Å². The fraction of sp³-hybridized carbons (Fsp3) is 1.00. The van der Waals surface area contributed by atoms with E-state index in [4.69, 9.17) is 5.11 Å².